The lowest BCUT2D eigenvalue weighted by atomic mass is 9.89. The Hall–Kier alpha value is -1.71. The van der Waals surface area contributed by atoms with Gasteiger partial charge in [-0.3, -0.25) is 4.79 Å². The largest absolute Gasteiger partial charge is 0.508 e. The zero-order valence-electron chi connectivity index (χ0n) is 12.5. The summed E-state index contributed by atoms with van der Waals surface area (Å²) in [6.07, 6.45) is -6.68. The number of phenolic OH excluding ortho intramolecular Hbond substituents is 2. The minimum atomic E-state index is -1.53. The molecule has 0 saturated carbocycles. The molecule has 128 valence electrons. The number of phenols is 2. The number of ether oxygens (including phenoxy) is 1. The van der Waals surface area contributed by atoms with Crippen molar-refractivity contribution in [2.75, 3.05) is 6.61 Å². The maximum Gasteiger partial charge on any atom is 0.163 e. The highest BCUT2D eigenvalue weighted by Crippen LogP contribution is 2.31. The summed E-state index contributed by atoms with van der Waals surface area (Å²) in [7, 11) is 0. The molecule has 2 rings (SSSR count). The zero-order chi connectivity index (χ0) is 17.3. The molecule has 0 aromatic heterocycles. The van der Waals surface area contributed by atoms with Gasteiger partial charge in [0, 0.05) is 12.5 Å². The first-order valence-corrected chi connectivity index (χ1v) is 7.12. The van der Waals surface area contributed by atoms with Crippen molar-refractivity contribution in [3.05, 3.63) is 23.3 Å². The summed E-state index contributed by atoms with van der Waals surface area (Å²) in [5, 5.41) is 58.1. The maximum absolute atomic E-state index is 11.7. The number of hydrogen-bond donors (Lipinski definition) is 6. The van der Waals surface area contributed by atoms with Gasteiger partial charge in [-0.05, 0) is 18.6 Å². The lowest BCUT2D eigenvalue weighted by molar-refractivity contribution is -0.228. The Morgan fingerprint density at radius 2 is 1.70 bits per heavy atom. The summed E-state index contributed by atoms with van der Waals surface area (Å²) >= 11 is 0. The average molecular weight is 328 g/mol. The van der Waals surface area contributed by atoms with Gasteiger partial charge in [-0.15, -0.1) is 0 Å². The van der Waals surface area contributed by atoms with E-state index in [1.807, 2.05) is 0 Å². The molecule has 1 aliphatic rings. The van der Waals surface area contributed by atoms with Crippen molar-refractivity contribution in [2.24, 2.45) is 0 Å². The molecule has 0 spiro atoms. The van der Waals surface area contributed by atoms with E-state index >= 15 is 0 Å². The first-order chi connectivity index (χ1) is 10.8. The van der Waals surface area contributed by atoms with E-state index in [0.717, 1.165) is 6.07 Å². The molecule has 23 heavy (non-hydrogen) atoms. The van der Waals surface area contributed by atoms with Gasteiger partial charge in [0.2, 0.25) is 0 Å². The van der Waals surface area contributed by atoms with Crippen LogP contribution in [0.2, 0.25) is 0 Å². The molecule has 0 aliphatic carbocycles. The second kappa shape index (κ2) is 6.81. The molecule has 1 fully saturated rings. The number of aromatic hydroxyl groups is 2. The number of carbonyl (C=O) groups excluding carboxylic acids is 1. The summed E-state index contributed by atoms with van der Waals surface area (Å²) in [4.78, 5) is 11.7. The van der Waals surface area contributed by atoms with Gasteiger partial charge in [0.25, 0.3) is 0 Å². The third kappa shape index (κ3) is 3.46. The fourth-order valence-electron chi connectivity index (χ4n) is 2.80. The molecule has 6 N–H and O–H groups in total. The van der Waals surface area contributed by atoms with Gasteiger partial charge < -0.3 is 35.4 Å². The van der Waals surface area contributed by atoms with Gasteiger partial charge in [0.1, 0.15) is 35.9 Å². The summed E-state index contributed by atoms with van der Waals surface area (Å²) in [5.41, 5.74) is 0.194. The van der Waals surface area contributed by atoms with Gasteiger partial charge in [-0.2, -0.15) is 0 Å². The molecule has 0 amide bonds. The van der Waals surface area contributed by atoms with Crippen molar-refractivity contribution in [2.45, 2.75) is 43.9 Å². The summed E-state index contributed by atoms with van der Waals surface area (Å²) in [6.45, 7) is 0.676. The molecule has 0 bridgehead atoms. The van der Waals surface area contributed by atoms with Gasteiger partial charge in [0.05, 0.1) is 18.3 Å². The molecule has 1 aliphatic heterocycles. The molecular weight excluding hydrogens is 308 g/mol. The van der Waals surface area contributed by atoms with Crippen LogP contribution in [0, 0.1) is 0 Å². The molecule has 1 aromatic carbocycles. The number of Topliss-reactive ketones (excluding diaryl/α,β-unsaturated/α-hetero) is 1. The van der Waals surface area contributed by atoms with Crippen LogP contribution in [-0.2, 0) is 11.2 Å². The quantitative estimate of drug-likeness (QED) is 0.373. The predicted octanol–water partition coefficient (Wildman–Crippen LogP) is -1.31. The minimum absolute atomic E-state index is 0.0280. The van der Waals surface area contributed by atoms with Crippen molar-refractivity contribution in [1.82, 2.24) is 0 Å². The number of benzene rings is 1. The maximum atomic E-state index is 11.7. The van der Waals surface area contributed by atoms with Crippen LogP contribution in [0.3, 0.4) is 0 Å². The van der Waals surface area contributed by atoms with Crippen LogP contribution >= 0.6 is 0 Å². The van der Waals surface area contributed by atoms with Crippen molar-refractivity contribution >= 4 is 5.78 Å². The topological polar surface area (TPSA) is 148 Å². The summed E-state index contributed by atoms with van der Waals surface area (Å²) in [5.74, 6) is -1.12. The standard InChI is InChI=1S/C15H20O8/c1-6(17)12-7(2-8(18)4-9(12)19)3-10-13(20)15(22)14(21)11(5-16)23-10/h2,4,10-11,13-16,18-22H,3,5H2,1H3. The van der Waals surface area contributed by atoms with Gasteiger partial charge in [0.15, 0.2) is 5.78 Å². The van der Waals surface area contributed by atoms with Crippen LogP contribution in [0.4, 0.5) is 0 Å². The zero-order valence-corrected chi connectivity index (χ0v) is 12.5. The van der Waals surface area contributed by atoms with E-state index in [-0.39, 0.29) is 23.3 Å². The van der Waals surface area contributed by atoms with Crippen LogP contribution in [0.25, 0.3) is 0 Å². The predicted molar refractivity (Wildman–Crippen MR) is 77.2 cm³/mol. The Labute approximate surface area is 132 Å². The Balaban J connectivity index is 2.33. The molecule has 8 nitrogen and oxygen atoms in total. The molecule has 1 saturated heterocycles. The fraction of sp³-hybridized carbons (Fsp3) is 0.533. The Kier molecular flexibility index (Phi) is 5.23. The summed E-state index contributed by atoms with van der Waals surface area (Å²) < 4.78 is 5.36. The highest BCUT2D eigenvalue weighted by molar-refractivity contribution is 5.98. The molecule has 1 heterocycles. The third-order valence-corrected chi connectivity index (χ3v) is 3.95. The molecule has 8 heteroatoms. The molecule has 0 radical (unpaired) electrons. The Bertz CT molecular complexity index is 585. The SMILES string of the molecule is CC(=O)c1c(O)cc(O)cc1CC1OC(CO)C(O)C(O)C1O. The van der Waals surface area contributed by atoms with E-state index < -0.39 is 48.7 Å². The second-order valence-corrected chi connectivity index (χ2v) is 5.63. The second-order valence-electron chi connectivity index (χ2n) is 5.63. The van der Waals surface area contributed by atoms with E-state index in [1.165, 1.54) is 13.0 Å². The van der Waals surface area contributed by atoms with Crippen molar-refractivity contribution < 1.29 is 40.2 Å². The smallest absolute Gasteiger partial charge is 0.163 e. The number of rotatable bonds is 4. The van der Waals surface area contributed by atoms with Crippen LogP contribution in [0.5, 0.6) is 11.5 Å². The number of ketones is 1. The lowest BCUT2D eigenvalue weighted by Crippen LogP contribution is -2.59. The highest BCUT2D eigenvalue weighted by atomic mass is 16.5. The van der Waals surface area contributed by atoms with Crippen LogP contribution in [0.15, 0.2) is 12.1 Å². The number of hydrogen-bond acceptors (Lipinski definition) is 8. The average Bonchev–Trinajstić information content (AvgIpc) is 2.46. The van der Waals surface area contributed by atoms with Crippen LogP contribution in [-0.4, -0.2) is 73.5 Å². The van der Waals surface area contributed by atoms with Gasteiger partial charge >= 0.3 is 0 Å². The van der Waals surface area contributed by atoms with Crippen molar-refractivity contribution in [3.8, 4) is 11.5 Å². The van der Waals surface area contributed by atoms with Crippen molar-refractivity contribution in [3.63, 3.8) is 0 Å². The van der Waals surface area contributed by atoms with E-state index in [0.29, 0.717) is 0 Å². The van der Waals surface area contributed by atoms with E-state index in [1.54, 1.807) is 0 Å². The minimum Gasteiger partial charge on any atom is -0.508 e. The highest BCUT2D eigenvalue weighted by Gasteiger charge is 2.43. The Morgan fingerprint density at radius 3 is 2.26 bits per heavy atom. The van der Waals surface area contributed by atoms with Crippen LogP contribution in [0.1, 0.15) is 22.8 Å². The number of aliphatic hydroxyl groups excluding tert-OH is 4. The van der Waals surface area contributed by atoms with E-state index in [9.17, 15) is 30.3 Å². The lowest BCUT2D eigenvalue weighted by Gasteiger charge is -2.40. The fourth-order valence-corrected chi connectivity index (χ4v) is 2.80. The first kappa shape index (κ1) is 17.6. The molecule has 5 unspecified atom stereocenters. The monoisotopic (exact) mass is 328 g/mol. The van der Waals surface area contributed by atoms with Gasteiger partial charge in [-0.1, -0.05) is 0 Å². The van der Waals surface area contributed by atoms with Crippen LogP contribution < -0.4 is 0 Å². The molecule has 1 aromatic rings. The van der Waals surface area contributed by atoms with E-state index in [4.69, 9.17) is 9.84 Å². The summed E-state index contributed by atoms with van der Waals surface area (Å²) in [6, 6.07) is 2.27. The normalized spacial score (nSPS) is 31.1. The first-order valence-electron chi connectivity index (χ1n) is 7.12. The molecular formula is C15H20O8. The third-order valence-electron chi connectivity index (χ3n) is 3.95. The molecule has 5 atom stereocenters. The van der Waals surface area contributed by atoms with Gasteiger partial charge in [-0.25, -0.2) is 0 Å². The van der Waals surface area contributed by atoms with E-state index in [2.05, 4.69) is 0 Å². The Morgan fingerprint density at radius 1 is 1.09 bits per heavy atom. The number of carbonyl (C=O) groups is 1. The van der Waals surface area contributed by atoms with Crippen molar-refractivity contribution in [1.29, 1.82) is 0 Å². The number of aliphatic hydroxyl groups is 4.